The van der Waals surface area contributed by atoms with E-state index < -0.39 is 0 Å². The van der Waals surface area contributed by atoms with E-state index in [-0.39, 0.29) is 18.0 Å². The number of guanidine groups is 1. The van der Waals surface area contributed by atoms with Gasteiger partial charge >= 0.3 is 0 Å². The van der Waals surface area contributed by atoms with Gasteiger partial charge in [-0.15, -0.1) is 0 Å². The topological polar surface area (TPSA) is 68.8 Å². The minimum Gasteiger partial charge on any atom is -0.356 e. The normalized spacial score (nSPS) is 23.5. The molecule has 1 atom stereocenters. The molecule has 1 aliphatic heterocycles. The second-order valence-corrected chi connectivity index (χ2v) is 7.49. The van der Waals surface area contributed by atoms with E-state index in [9.17, 15) is 4.79 Å². The van der Waals surface area contributed by atoms with Crippen molar-refractivity contribution >= 4 is 11.9 Å². The number of rotatable bonds is 5. The van der Waals surface area contributed by atoms with Crippen LogP contribution in [0.2, 0.25) is 0 Å². The zero-order valence-corrected chi connectivity index (χ0v) is 14.4. The van der Waals surface area contributed by atoms with Gasteiger partial charge in [0.15, 0.2) is 5.96 Å². The van der Waals surface area contributed by atoms with Crippen LogP contribution in [0.25, 0.3) is 0 Å². The predicted octanol–water partition coefficient (Wildman–Crippen LogP) is 0.550. The first kappa shape index (κ1) is 17.1. The molecule has 1 unspecified atom stereocenters. The fourth-order valence-corrected chi connectivity index (χ4v) is 2.89. The average molecular weight is 309 g/mol. The Hall–Kier alpha value is -1.30. The van der Waals surface area contributed by atoms with Crippen molar-refractivity contribution in [2.24, 2.45) is 10.9 Å². The van der Waals surface area contributed by atoms with Gasteiger partial charge in [0.25, 0.3) is 0 Å². The molecule has 126 valence electrons. The Bertz CT molecular complexity index is 411. The van der Waals surface area contributed by atoms with Gasteiger partial charge in [-0.1, -0.05) is 0 Å². The summed E-state index contributed by atoms with van der Waals surface area (Å²) in [6.45, 7) is 9.52. The van der Waals surface area contributed by atoms with Gasteiger partial charge in [-0.05, 0) is 52.5 Å². The maximum atomic E-state index is 11.8. The van der Waals surface area contributed by atoms with E-state index in [4.69, 9.17) is 0 Å². The minimum atomic E-state index is -0.203. The van der Waals surface area contributed by atoms with Crippen molar-refractivity contribution in [3.63, 3.8) is 0 Å². The van der Waals surface area contributed by atoms with Crippen LogP contribution >= 0.6 is 0 Å². The summed E-state index contributed by atoms with van der Waals surface area (Å²) >= 11 is 0. The van der Waals surface area contributed by atoms with Gasteiger partial charge < -0.3 is 20.9 Å². The average Bonchev–Trinajstić information content (AvgIpc) is 3.17. The third-order valence-corrected chi connectivity index (χ3v) is 4.09. The fourth-order valence-electron chi connectivity index (χ4n) is 2.89. The SMILES string of the molecule is CN=C(NCC(=O)NC(C)(C)C)NCC1CCN(C2CC2)C1. The van der Waals surface area contributed by atoms with Crippen LogP contribution in [-0.4, -0.2) is 61.6 Å². The summed E-state index contributed by atoms with van der Waals surface area (Å²) in [4.78, 5) is 18.6. The van der Waals surface area contributed by atoms with Gasteiger partial charge in [0.2, 0.25) is 5.91 Å². The van der Waals surface area contributed by atoms with Crippen LogP contribution in [0.4, 0.5) is 0 Å². The highest BCUT2D eigenvalue weighted by Gasteiger charge is 2.34. The molecular weight excluding hydrogens is 278 g/mol. The smallest absolute Gasteiger partial charge is 0.239 e. The Morgan fingerprint density at radius 3 is 2.55 bits per heavy atom. The Kier molecular flexibility index (Phi) is 5.67. The maximum Gasteiger partial charge on any atom is 0.239 e. The van der Waals surface area contributed by atoms with E-state index in [0.29, 0.717) is 11.9 Å². The van der Waals surface area contributed by atoms with Crippen molar-refractivity contribution in [2.75, 3.05) is 33.2 Å². The second kappa shape index (κ2) is 7.31. The van der Waals surface area contributed by atoms with Crippen molar-refractivity contribution in [1.82, 2.24) is 20.9 Å². The largest absolute Gasteiger partial charge is 0.356 e. The Morgan fingerprint density at radius 1 is 1.23 bits per heavy atom. The number of carbonyl (C=O) groups excluding carboxylic acids is 1. The van der Waals surface area contributed by atoms with Crippen LogP contribution < -0.4 is 16.0 Å². The lowest BCUT2D eigenvalue weighted by molar-refractivity contribution is -0.121. The first-order valence-corrected chi connectivity index (χ1v) is 8.37. The molecule has 3 N–H and O–H groups in total. The molecule has 1 heterocycles. The third-order valence-electron chi connectivity index (χ3n) is 4.09. The molecule has 1 saturated heterocycles. The lowest BCUT2D eigenvalue weighted by Gasteiger charge is -2.21. The molecule has 1 aliphatic carbocycles. The van der Waals surface area contributed by atoms with Gasteiger partial charge in [0.05, 0.1) is 6.54 Å². The highest BCUT2D eigenvalue weighted by atomic mass is 16.2. The lowest BCUT2D eigenvalue weighted by Crippen LogP contribution is -2.48. The fraction of sp³-hybridized carbons (Fsp3) is 0.875. The van der Waals surface area contributed by atoms with E-state index >= 15 is 0 Å². The summed E-state index contributed by atoms with van der Waals surface area (Å²) in [5.41, 5.74) is -0.203. The van der Waals surface area contributed by atoms with Crippen LogP contribution in [0, 0.1) is 5.92 Å². The highest BCUT2D eigenvalue weighted by Crippen LogP contribution is 2.31. The Balaban J connectivity index is 1.64. The summed E-state index contributed by atoms with van der Waals surface area (Å²) in [6, 6.07) is 0.864. The van der Waals surface area contributed by atoms with Crippen molar-refractivity contribution < 1.29 is 4.79 Å². The number of carbonyl (C=O) groups is 1. The van der Waals surface area contributed by atoms with Crippen LogP contribution in [0.15, 0.2) is 4.99 Å². The summed E-state index contributed by atoms with van der Waals surface area (Å²) < 4.78 is 0. The molecule has 0 aromatic rings. The van der Waals surface area contributed by atoms with Crippen LogP contribution in [0.5, 0.6) is 0 Å². The molecule has 6 nitrogen and oxygen atoms in total. The van der Waals surface area contributed by atoms with E-state index in [1.165, 1.54) is 32.4 Å². The molecule has 2 aliphatic rings. The van der Waals surface area contributed by atoms with Crippen molar-refractivity contribution in [2.45, 2.75) is 51.6 Å². The van der Waals surface area contributed by atoms with E-state index in [1.807, 2.05) is 20.8 Å². The highest BCUT2D eigenvalue weighted by molar-refractivity contribution is 5.86. The van der Waals surface area contributed by atoms with Gasteiger partial charge in [0.1, 0.15) is 0 Å². The van der Waals surface area contributed by atoms with Crippen molar-refractivity contribution in [3.05, 3.63) is 0 Å². The summed E-state index contributed by atoms with van der Waals surface area (Å²) in [5, 5.41) is 9.35. The van der Waals surface area contributed by atoms with E-state index in [2.05, 4.69) is 25.8 Å². The molecule has 6 heteroatoms. The number of aliphatic imine (C=N–C) groups is 1. The quantitative estimate of drug-likeness (QED) is 0.512. The molecule has 2 rings (SSSR count). The number of amides is 1. The molecule has 1 amide bonds. The monoisotopic (exact) mass is 309 g/mol. The molecule has 22 heavy (non-hydrogen) atoms. The number of hydrogen-bond acceptors (Lipinski definition) is 3. The first-order chi connectivity index (χ1) is 10.4. The van der Waals surface area contributed by atoms with Gasteiger partial charge in [-0.25, -0.2) is 0 Å². The van der Waals surface area contributed by atoms with Crippen LogP contribution in [0.1, 0.15) is 40.0 Å². The molecule has 0 radical (unpaired) electrons. The molecule has 0 spiro atoms. The molecule has 2 fully saturated rings. The maximum absolute atomic E-state index is 11.8. The van der Waals surface area contributed by atoms with Crippen LogP contribution in [0.3, 0.4) is 0 Å². The molecule has 0 bridgehead atoms. The first-order valence-electron chi connectivity index (χ1n) is 8.37. The lowest BCUT2D eigenvalue weighted by atomic mass is 10.1. The predicted molar refractivity (Wildman–Crippen MR) is 90.0 cm³/mol. The summed E-state index contributed by atoms with van der Waals surface area (Å²) in [7, 11) is 1.74. The third kappa shape index (κ3) is 5.83. The summed E-state index contributed by atoms with van der Waals surface area (Å²) in [5.74, 6) is 1.37. The number of nitrogens with zero attached hydrogens (tertiary/aromatic N) is 2. The second-order valence-electron chi connectivity index (χ2n) is 7.49. The van der Waals surface area contributed by atoms with E-state index in [1.54, 1.807) is 7.05 Å². The van der Waals surface area contributed by atoms with Gasteiger partial charge in [-0.3, -0.25) is 9.79 Å². The van der Waals surface area contributed by atoms with E-state index in [0.717, 1.165) is 12.6 Å². The Morgan fingerprint density at radius 2 is 1.95 bits per heavy atom. The number of hydrogen-bond donors (Lipinski definition) is 3. The zero-order valence-electron chi connectivity index (χ0n) is 14.4. The van der Waals surface area contributed by atoms with Gasteiger partial charge in [-0.2, -0.15) is 0 Å². The van der Waals surface area contributed by atoms with Crippen molar-refractivity contribution in [1.29, 1.82) is 0 Å². The number of nitrogens with one attached hydrogen (secondary N) is 3. The van der Waals surface area contributed by atoms with Crippen molar-refractivity contribution in [3.8, 4) is 0 Å². The van der Waals surface area contributed by atoms with Crippen LogP contribution in [-0.2, 0) is 4.79 Å². The number of likely N-dealkylation sites (tertiary alicyclic amines) is 1. The molecule has 1 saturated carbocycles. The Labute approximate surface area is 134 Å². The van der Waals surface area contributed by atoms with Gasteiger partial charge in [0, 0.05) is 31.7 Å². The molecule has 0 aromatic heterocycles. The molecular formula is C16H31N5O. The minimum absolute atomic E-state index is 0.0174. The zero-order chi connectivity index (χ0) is 16.2. The summed E-state index contributed by atoms with van der Waals surface area (Å²) in [6.07, 6.45) is 4.02. The molecule has 0 aromatic carbocycles. The standard InChI is InChI=1S/C16H31N5O/c1-16(2,3)20-14(22)10-19-15(17-4)18-9-12-7-8-21(11-12)13-5-6-13/h12-13H,5-11H2,1-4H3,(H,20,22)(H2,17,18,19).